The molecule has 2 heterocycles. The Balaban J connectivity index is 1.34. The fourth-order valence-corrected chi connectivity index (χ4v) is 4.70. The number of amides is 2. The number of rotatable bonds is 10. The summed E-state index contributed by atoms with van der Waals surface area (Å²) in [5.74, 6) is -0.581. The molecule has 2 amide bonds. The second kappa shape index (κ2) is 11.5. The highest BCUT2D eigenvalue weighted by atomic mass is 19.1. The molecular weight excluding hydrogens is 501 g/mol. The number of unbranched alkanes of at least 4 members (excludes halogenated alkanes) is 1. The minimum absolute atomic E-state index is 0.0442. The molecule has 4 rings (SSSR count). The third-order valence-corrected chi connectivity index (χ3v) is 6.83. The van der Waals surface area contributed by atoms with Crippen LogP contribution in [0.5, 0.6) is 5.75 Å². The SMILES string of the molecule is COc1ccc(NC(=O)C(N)CCCCC(=O)c2c(C)[nH]c(/C=C3\C(=O)Nc4ccc(F)cc43)c2C)c(N)c1. The van der Waals surface area contributed by atoms with Crippen molar-refractivity contribution in [2.45, 2.75) is 45.6 Å². The topological polar surface area (TPSA) is 152 Å². The first-order valence-electron chi connectivity index (χ1n) is 12.6. The summed E-state index contributed by atoms with van der Waals surface area (Å²) in [6, 6.07) is 8.33. The molecule has 39 heavy (non-hydrogen) atoms. The van der Waals surface area contributed by atoms with E-state index in [4.69, 9.17) is 16.2 Å². The van der Waals surface area contributed by atoms with Crippen molar-refractivity contribution in [2.24, 2.45) is 5.73 Å². The third-order valence-electron chi connectivity index (χ3n) is 6.83. The van der Waals surface area contributed by atoms with Gasteiger partial charge in [-0.1, -0.05) is 6.42 Å². The number of carbonyl (C=O) groups is 3. The fourth-order valence-electron chi connectivity index (χ4n) is 4.70. The molecule has 204 valence electrons. The molecule has 0 saturated carbocycles. The molecule has 1 atom stereocenters. The summed E-state index contributed by atoms with van der Waals surface area (Å²) in [4.78, 5) is 41.2. The van der Waals surface area contributed by atoms with E-state index in [1.807, 2.05) is 6.92 Å². The standard InChI is InChI=1S/C29H32FN5O4/c1-15-25(14-20-19-12-17(30)8-10-23(19)34-28(20)37)33-16(2)27(15)26(36)7-5-4-6-21(31)29(38)35-24-11-9-18(39-3)13-22(24)32/h8-14,21,33H,4-7,31-32H2,1-3H3,(H,34,37)(H,35,38)/b20-14-. The molecule has 0 radical (unpaired) electrons. The molecule has 0 fully saturated rings. The van der Waals surface area contributed by atoms with Gasteiger partial charge >= 0.3 is 0 Å². The quantitative estimate of drug-likeness (QED) is 0.111. The van der Waals surface area contributed by atoms with Crippen LogP contribution in [0.4, 0.5) is 21.5 Å². The Labute approximate surface area is 225 Å². The van der Waals surface area contributed by atoms with Crippen LogP contribution in [-0.4, -0.2) is 35.7 Å². The van der Waals surface area contributed by atoms with Crippen molar-refractivity contribution in [1.82, 2.24) is 4.98 Å². The molecule has 1 aliphatic heterocycles. The lowest BCUT2D eigenvalue weighted by atomic mass is 9.99. The molecule has 2 aromatic carbocycles. The number of methoxy groups -OCH3 is 1. The van der Waals surface area contributed by atoms with Crippen LogP contribution < -0.4 is 26.8 Å². The number of halogens is 1. The molecule has 0 aliphatic carbocycles. The molecule has 0 spiro atoms. The first-order valence-corrected chi connectivity index (χ1v) is 12.6. The Morgan fingerprint density at radius 3 is 2.64 bits per heavy atom. The van der Waals surface area contributed by atoms with E-state index in [2.05, 4.69) is 15.6 Å². The minimum atomic E-state index is -0.749. The van der Waals surface area contributed by atoms with Crippen molar-refractivity contribution in [3.63, 3.8) is 0 Å². The predicted octanol–water partition coefficient (Wildman–Crippen LogP) is 4.56. The second-order valence-electron chi connectivity index (χ2n) is 9.58. The molecule has 1 aliphatic rings. The lowest BCUT2D eigenvalue weighted by Crippen LogP contribution is -2.35. The summed E-state index contributed by atoms with van der Waals surface area (Å²) in [5.41, 5.74) is 16.8. The number of aromatic nitrogens is 1. The van der Waals surface area contributed by atoms with Crippen molar-refractivity contribution in [3.05, 3.63) is 70.3 Å². The number of fused-ring (bicyclic) bond motifs is 1. The zero-order chi connectivity index (χ0) is 28.3. The monoisotopic (exact) mass is 533 g/mol. The summed E-state index contributed by atoms with van der Waals surface area (Å²) < 4.78 is 18.9. The van der Waals surface area contributed by atoms with Crippen molar-refractivity contribution in [1.29, 1.82) is 0 Å². The normalized spacial score (nSPS) is 14.2. The van der Waals surface area contributed by atoms with Gasteiger partial charge in [0.1, 0.15) is 11.6 Å². The number of ether oxygens (including phenoxy) is 1. The summed E-state index contributed by atoms with van der Waals surface area (Å²) in [6.07, 6.45) is 3.47. The Bertz CT molecular complexity index is 1480. The lowest BCUT2D eigenvalue weighted by Gasteiger charge is -2.14. The maximum atomic E-state index is 13.8. The molecule has 3 aromatic rings. The van der Waals surface area contributed by atoms with Crippen LogP contribution in [0.2, 0.25) is 0 Å². The van der Waals surface area contributed by atoms with E-state index in [1.54, 1.807) is 31.2 Å². The molecule has 10 heteroatoms. The van der Waals surface area contributed by atoms with Crippen LogP contribution in [0.1, 0.15) is 58.6 Å². The van der Waals surface area contributed by atoms with E-state index in [0.29, 0.717) is 70.2 Å². The van der Waals surface area contributed by atoms with Gasteiger partial charge in [-0.3, -0.25) is 14.4 Å². The van der Waals surface area contributed by atoms with Gasteiger partial charge in [-0.15, -0.1) is 0 Å². The number of hydrogen-bond acceptors (Lipinski definition) is 6. The Hall–Kier alpha value is -4.44. The van der Waals surface area contributed by atoms with Gasteiger partial charge in [-0.25, -0.2) is 4.39 Å². The molecule has 1 unspecified atom stereocenters. The Morgan fingerprint density at radius 1 is 1.15 bits per heavy atom. The van der Waals surface area contributed by atoms with Gasteiger partial charge in [0.15, 0.2) is 5.78 Å². The number of ketones is 1. The number of carbonyl (C=O) groups excluding carboxylic acids is 3. The van der Waals surface area contributed by atoms with Crippen LogP contribution >= 0.6 is 0 Å². The highest BCUT2D eigenvalue weighted by Gasteiger charge is 2.26. The molecule has 0 bridgehead atoms. The average molecular weight is 534 g/mol. The van der Waals surface area contributed by atoms with Crippen molar-refractivity contribution >= 4 is 46.3 Å². The van der Waals surface area contributed by atoms with E-state index in [1.165, 1.54) is 25.3 Å². The number of nitrogen functional groups attached to an aromatic ring is 1. The van der Waals surface area contributed by atoms with E-state index in [9.17, 15) is 18.8 Å². The van der Waals surface area contributed by atoms with Gasteiger partial charge in [0, 0.05) is 40.7 Å². The highest BCUT2D eigenvalue weighted by Crippen LogP contribution is 2.34. The summed E-state index contributed by atoms with van der Waals surface area (Å²) in [7, 11) is 1.53. The number of nitrogens with two attached hydrogens (primary N) is 2. The van der Waals surface area contributed by atoms with Crippen LogP contribution in [0.3, 0.4) is 0 Å². The fraction of sp³-hybridized carbons (Fsp3) is 0.276. The van der Waals surface area contributed by atoms with E-state index >= 15 is 0 Å². The Morgan fingerprint density at radius 2 is 1.92 bits per heavy atom. The molecule has 1 aromatic heterocycles. The number of Topliss-reactive ketones (excluding diaryl/α,β-unsaturated/α-hetero) is 1. The van der Waals surface area contributed by atoms with Crippen LogP contribution in [0, 0.1) is 19.7 Å². The number of nitrogens with one attached hydrogen (secondary N) is 3. The van der Waals surface area contributed by atoms with Gasteiger partial charge in [0.05, 0.1) is 30.1 Å². The largest absolute Gasteiger partial charge is 0.497 e. The number of aromatic amines is 1. The number of aryl methyl sites for hydroxylation is 1. The average Bonchev–Trinajstić information content (AvgIpc) is 3.36. The van der Waals surface area contributed by atoms with Crippen LogP contribution in [0.25, 0.3) is 11.6 Å². The summed E-state index contributed by atoms with van der Waals surface area (Å²) >= 11 is 0. The number of H-pyrrole nitrogens is 1. The van der Waals surface area contributed by atoms with Gasteiger partial charge in [-0.2, -0.15) is 0 Å². The van der Waals surface area contributed by atoms with Gasteiger partial charge in [0.2, 0.25) is 5.91 Å². The Kier molecular flexibility index (Phi) is 8.15. The lowest BCUT2D eigenvalue weighted by molar-refractivity contribution is -0.117. The number of hydrogen-bond donors (Lipinski definition) is 5. The van der Waals surface area contributed by atoms with E-state index in [-0.39, 0.29) is 24.0 Å². The first-order chi connectivity index (χ1) is 18.6. The number of anilines is 3. The smallest absolute Gasteiger partial charge is 0.256 e. The van der Waals surface area contributed by atoms with Crippen LogP contribution in [-0.2, 0) is 9.59 Å². The van der Waals surface area contributed by atoms with Crippen molar-refractivity contribution in [3.8, 4) is 5.75 Å². The van der Waals surface area contributed by atoms with Crippen LogP contribution in [0.15, 0.2) is 36.4 Å². The predicted molar refractivity (Wildman–Crippen MR) is 150 cm³/mol. The zero-order valence-electron chi connectivity index (χ0n) is 22.1. The van der Waals surface area contributed by atoms with E-state index < -0.39 is 11.9 Å². The van der Waals surface area contributed by atoms with Crippen molar-refractivity contribution < 1.29 is 23.5 Å². The summed E-state index contributed by atoms with van der Waals surface area (Å²) in [5, 5.41) is 5.45. The second-order valence-corrected chi connectivity index (χ2v) is 9.58. The third kappa shape index (κ3) is 6.01. The molecule has 9 nitrogen and oxygen atoms in total. The maximum absolute atomic E-state index is 13.8. The highest BCUT2D eigenvalue weighted by molar-refractivity contribution is 6.35. The summed E-state index contributed by atoms with van der Waals surface area (Å²) in [6.45, 7) is 3.61. The van der Waals surface area contributed by atoms with Gasteiger partial charge < -0.3 is 31.8 Å². The van der Waals surface area contributed by atoms with Crippen molar-refractivity contribution in [2.75, 3.05) is 23.5 Å². The zero-order valence-corrected chi connectivity index (χ0v) is 22.1. The molecule has 7 N–H and O–H groups in total. The molecular formula is C29H32FN5O4. The van der Waals surface area contributed by atoms with E-state index in [0.717, 1.165) is 5.56 Å². The van der Waals surface area contributed by atoms with Gasteiger partial charge in [-0.05, 0) is 68.7 Å². The maximum Gasteiger partial charge on any atom is 0.256 e. The molecule has 0 saturated heterocycles. The van der Waals surface area contributed by atoms with Gasteiger partial charge in [0.25, 0.3) is 5.91 Å². The first kappa shape index (κ1) is 27.6. The number of benzene rings is 2. The minimum Gasteiger partial charge on any atom is -0.497 e.